The molecule has 1 amide bonds. The first-order valence-corrected chi connectivity index (χ1v) is 9.77. The van der Waals surface area contributed by atoms with E-state index in [-0.39, 0.29) is 24.7 Å². The van der Waals surface area contributed by atoms with Gasteiger partial charge in [0.15, 0.2) is 12.4 Å². The third kappa shape index (κ3) is 4.68. The minimum absolute atomic E-state index is 0.0409. The molecule has 2 aromatic carbocycles. The van der Waals surface area contributed by atoms with E-state index in [0.29, 0.717) is 32.8 Å². The molecular weight excluding hydrogens is 433 g/mol. The molecule has 30 heavy (non-hydrogen) atoms. The monoisotopic (exact) mass is 451 g/mol. The molecule has 0 spiro atoms. The number of carbonyl (C=O) groups excluding carboxylic acids is 3. The normalized spacial score (nSPS) is 15.8. The predicted octanol–water partition coefficient (Wildman–Crippen LogP) is 3.79. The first kappa shape index (κ1) is 21.9. The number of halogens is 2. The van der Waals surface area contributed by atoms with Crippen LogP contribution >= 0.6 is 23.2 Å². The number of benzene rings is 2. The molecule has 3 rings (SSSR count). The summed E-state index contributed by atoms with van der Waals surface area (Å²) in [6, 6.07) is 9.39. The van der Waals surface area contributed by atoms with Crippen molar-refractivity contribution in [2.45, 2.75) is 6.42 Å². The van der Waals surface area contributed by atoms with Gasteiger partial charge in [-0.25, -0.2) is 0 Å². The molecule has 158 valence electrons. The number of ketones is 1. The number of nitrogens with zero attached hydrogens (tertiary/aromatic N) is 1. The maximum atomic E-state index is 12.5. The van der Waals surface area contributed by atoms with Crippen molar-refractivity contribution in [1.29, 1.82) is 0 Å². The van der Waals surface area contributed by atoms with Gasteiger partial charge in [0.1, 0.15) is 11.5 Å². The van der Waals surface area contributed by atoms with E-state index in [1.165, 1.54) is 19.1 Å². The molecule has 7 nitrogen and oxygen atoms in total. The van der Waals surface area contributed by atoms with Crippen molar-refractivity contribution in [3.05, 3.63) is 52.0 Å². The van der Waals surface area contributed by atoms with Crippen molar-refractivity contribution in [3.8, 4) is 11.5 Å². The molecule has 0 bridgehead atoms. The second-order valence-corrected chi connectivity index (χ2v) is 7.45. The van der Waals surface area contributed by atoms with Crippen molar-refractivity contribution >= 4 is 46.5 Å². The maximum absolute atomic E-state index is 12.5. The second kappa shape index (κ2) is 9.36. The molecule has 1 fully saturated rings. The van der Waals surface area contributed by atoms with Crippen LogP contribution in [0.3, 0.4) is 0 Å². The first-order valence-electron chi connectivity index (χ1n) is 9.01. The van der Waals surface area contributed by atoms with Gasteiger partial charge in [-0.15, -0.1) is 0 Å². The number of hydrogen-bond donors (Lipinski definition) is 0. The summed E-state index contributed by atoms with van der Waals surface area (Å²) < 4.78 is 15.6. The van der Waals surface area contributed by atoms with Crippen LogP contribution in [-0.4, -0.2) is 45.0 Å². The van der Waals surface area contributed by atoms with Crippen LogP contribution in [-0.2, 0) is 14.3 Å². The van der Waals surface area contributed by atoms with Gasteiger partial charge in [-0.1, -0.05) is 23.2 Å². The molecule has 2 aromatic rings. The number of hydrogen-bond acceptors (Lipinski definition) is 6. The van der Waals surface area contributed by atoms with Gasteiger partial charge in [-0.3, -0.25) is 14.4 Å². The third-order valence-electron chi connectivity index (χ3n) is 4.71. The van der Waals surface area contributed by atoms with Gasteiger partial charge in [-0.05, 0) is 30.3 Å². The Labute approximate surface area is 183 Å². The van der Waals surface area contributed by atoms with E-state index in [9.17, 15) is 14.4 Å². The van der Waals surface area contributed by atoms with Crippen LogP contribution in [0.5, 0.6) is 11.5 Å². The van der Waals surface area contributed by atoms with E-state index < -0.39 is 18.5 Å². The minimum Gasteiger partial charge on any atom is -0.495 e. The van der Waals surface area contributed by atoms with E-state index in [2.05, 4.69) is 0 Å². The molecule has 0 saturated carbocycles. The van der Waals surface area contributed by atoms with Crippen LogP contribution in [0.25, 0.3) is 0 Å². The molecular formula is C21H19Cl2NO6. The number of amides is 1. The zero-order chi connectivity index (χ0) is 21.8. The van der Waals surface area contributed by atoms with Crippen LogP contribution < -0.4 is 14.4 Å². The summed E-state index contributed by atoms with van der Waals surface area (Å²) in [4.78, 5) is 38.5. The van der Waals surface area contributed by atoms with E-state index in [1.807, 2.05) is 0 Å². The Bertz CT molecular complexity index is 976. The van der Waals surface area contributed by atoms with Crippen molar-refractivity contribution in [1.82, 2.24) is 0 Å². The lowest BCUT2D eigenvalue weighted by molar-refractivity contribution is -0.147. The van der Waals surface area contributed by atoms with Crippen LogP contribution in [0.2, 0.25) is 10.0 Å². The Balaban J connectivity index is 1.66. The Morgan fingerprint density at radius 1 is 1.07 bits per heavy atom. The fourth-order valence-corrected chi connectivity index (χ4v) is 3.49. The standard InChI is InChI=1S/C21H19Cl2NO6/c1-28-18-9-19(29-2)16(8-15(18)23)24-10-13(7-20(24)26)21(27)30-11-17(25)12-3-5-14(22)6-4-12/h3-6,8-9,13H,7,10-11H2,1-2H3. The van der Waals surface area contributed by atoms with Crippen molar-refractivity contribution in [3.63, 3.8) is 0 Å². The predicted molar refractivity (Wildman–Crippen MR) is 112 cm³/mol. The molecule has 9 heteroatoms. The molecule has 1 saturated heterocycles. The summed E-state index contributed by atoms with van der Waals surface area (Å²) >= 11 is 12.0. The summed E-state index contributed by atoms with van der Waals surface area (Å²) in [5.74, 6) is -1.17. The lowest BCUT2D eigenvalue weighted by atomic mass is 10.1. The number of Topliss-reactive ketones (excluding diaryl/α,β-unsaturated/α-hetero) is 1. The molecule has 0 aromatic heterocycles. The van der Waals surface area contributed by atoms with Gasteiger partial charge in [0.05, 0.1) is 30.8 Å². The number of ether oxygens (including phenoxy) is 3. The maximum Gasteiger partial charge on any atom is 0.311 e. The van der Waals surface area contributed by atoms with Crippen LogP contribution in [0.15, 0.2) is 36.4 Å². The largest absolute Gasteiger partial charge is 0.495 e. The quantitative estimate of drug-likeness (QED) is 0.470. The Hall–Kier alpha value is -2.77. The number of rotatable bonds is 7. The molecule has 1 aliphatic heterocycles. The summed E-state index contributed by atoms with van der Waals surface area (Å²) in [5.41, 5.74) is 0.815. The molecule has 0 radical (unpaired) electrons. The van der Waals surface area contributed by atoms with Crippen molar-refractivity contribution in [2.75, 3.05) is 32.3 Å². The van der Waals surface area contributed by atoms with Gasteiger partial charge in [-0.2, -0.15) is 0 Å². The second-order valence-electron chi connectivity index (χ2n) is 6.60. The van der Waals surface area contributed by atoms with Crippen molar-refractivity contribution < 1.29 is 28.6 Å². The van der Waals surface area contributed by atoms with Gasteiger partial charge < -0.3 is 19.1 Å². The molecule has 1 unspecified atom stereocenters. The highest BCUT2D eigenvalue weighted by molar-refractivity contribution is 6.32. The summed E-state index contributed by atoms with van der Waals surface area (Å²) in [6.45, 7) is -0.325. The minimum atomic E-state index is -0.707. The van der Waals surface area contributed by atoms with E-state index in [4.69, 9.17) is 37.4 Å². The van der Waals surface area contributed by atoms with Crippen LogP contribution in [0, 0.1) is 5.92 Å². The van der Waals surface area contributed by atoms with E-state index >= 15 is 0 Å². The van der Waals surface area contributed by atoms with E-state index in [0.717, 1.165) is 0 Å². The highest BCUT2D eigenvalue weighted by Gasteiger charge is 2.37. The zero-order valence-corrected chi connectivity index (χ0v) is 17.8. The lowest BCUT2D eigenvalue weighted by Crippen LogP contribution is -2.27. The topological polar surface area (TPSA) is 82.1 Å². The highest BCUT2D eigenvalue weighted by Crippen LogP contribution is 2.40. The fraction of sp³-hybridized carbons (Fsp3) is 0.286. The van der Waals surface area contributed by atoms with Gasteiger partial charge in [0.2, 0.25) is 5.91 Å². The van der Waals surface area contributed by atoms with Crippen LogP contribution in [0.4, 0.5) is 5.69 Å². The Kier molecular flexibility index (Phi) is 6.84. The Morgan fingerprint density at radius 3 is 2.37 bits per heavy atom. The first-order chi connectivity index (χ1) is 14.3. The lowest BCUT2D eigenvalue weighted by Gasteiger charge is -2.20. The SMILES string of the molecule is COc1cc(OC)c(N2CC(C(=O)OCC(=O)c3ccc(Cl)cc3)CC2=O)cc1Cl. The summed E-state index contributed by atoms with van der Waals surface area (Å²) in [5, 5.41) is 0.808. The Morgan fingerprint density at radius 2 is 1.73 bits per heavy atom. The highest BCUT2D eigenvalue weighted by atomic mass is 35.5. The smallest absolute Gasteiger partial charge is 0.311 e. The average molecular weight is 452 g/mol. The number of methoxy groups -OCH3 is 2. The van der Waals surface area contributed by atoms with Crippen LogP contribution in [0.1, 0.15) is 16.8 Å². The third-order valence-corrected chi connectivity index (χ3v) is 5.26. The number of anilines is 1. The molecule has 0 N–H and O–H groups in total. The molecule has 1 heterocycles. The zero-order valence-electron chi connectivity index (χ0n) is 16.3. The van der Waals surface area contributed by atoms with E-state index in [1.54, 1.807) is 36.4 Å². The molecule has 0 aliphatic carbocycles. The molecule has 1 aliphatic rings. The number of esters is 1. The van der Waals surface area contributed by atoms with Crippen molar-refractivity contribution in [2.24, 2.45) is 5.92 Å². The van der Waals surface area contributed by atoms with Gasteiger partial charge in [0, 0.05) is 29.6 Å². The van der Waals surface area contributed by atoms with Gasteiger partial charge >= 0.3 is 5.97 Å². The number of carbonyl (C=O) groups is 3. The molecule has 1 atom stereocenters. The summed E-state index contributed by atoms with van der Waals surface area (Å²) in [7, 11) is 2.93. The fourth-order valence-electron chi connectivity index (χ4n) is 3.13. The summed E-state index contributed by atoms with van der Waals surface area (Å²) in [6.07, 6.45) is -0.0409. The van der Waals surface area contributed by atoms with Gasteiger partial charge in [0.25, 0.3) is 0 Å². The average Bonchev–Trinajstić information content (AvgIpc) is 3.13.